The van der Waals surface area contributed by atoms with Gasteiger partial charge in [0.1, 0.15) is 16.7 Å². The fourth-order valence-corrected chi connectivity index (χ4v) is 5.74. The van der Waals surface area contributed by atoms with Crippen LogP contribution in [-0.2, 0) is 19.6 Å². The van der Waals surface area contributed by atoms with Crippen LogP contribution in [0, 0.1) is 5.92 Å². The molecule has 1 aromatic rings. The number of para-hydroxylation sites is 1. The summed E-state index contributed by atoms with van der Waals surface area (Å²) in [5.41, 5.74) is 0. The van der Waals surface area contributed by atoms with Crippen LogP contribution in [0.3, 0.4) is 0 Å². The van der Waals surface area contributed by atoms with Gasteiger partial charge in [-0.25, -0.2) is 8.42 Å². The Hall–Kier alpha value is -1.64. The number of carbonyl (C=O) groups is 1. The number of hydrogen-bond acceptors (Lipinski definition) is 5. The molecule has 0 aromatic heterocycles. The van der Waals surface area contributed by atoms with Crippen molar-refractivity contribution in [3.8, 4) is 5.75 Å². The minimum Gasteiger partial charge on any atom is -0.487 e. The number of nitrogens with zero attached hydrogens (tertiary/aromatic N) is 2. The summed E-state index contributed by atoms with van der Waals surface area (Å²) in [6.07, 6.45) is 1.35. The summed E-state index contributed by atoms with van der Waals surface area (Å²) in [5, 5.41) is 0. The summed E-state index contributed by atoms with van der Waals surface area (Å²) in [4.78, 5) is 14.6. The van der Waals surface area contributed by atoms with Gasteiger partial charge in [-0.3, -0.25) is 4.79 Å². The van der Waals surface area contributed by atoms with Crippen molar-refractivity contribution in [1.29, 1.82) is 0 Å². The molecule has 0 saturated carbocycles. The number of carbonyl (C=O) groups excluding carboxylic acids is 1. The number of ether oxygens (including phenoxy) is 2. The molecule has 156 valence electrons. The summed E-state index contributed by atoms with van der Waals surface area (Å²) < 4.78 is 39.6. The first-order chi connectivity index (χ1) is 13.3. The summed E-state index contributed by atoms with van der Waals surface area (Å²) >= 11 is 0. The van der Waals surface area contributed by atoms with Gasteiger partial charge in [-0.05, 0) is 24.5 Å². The molecule has 0 spiro atoms. The Morgan fingerprint density at radius 1 is 1.25 bits per heavy atom. The molecule has 7 nitrogen and oxygen atoms in total. The maximum absolute atomic E-state index is 13.4. The van der Waals surface area contributed by atoms with Crippen LogP contribution in [0.5, 0.6) is 5.75 Å². The number of amides is 1. The molecule has 2 aliphatic rings. The lowest BCUT2D eigenvalue weighted by molar-refractivity contribution is -0.131. The second-order valence-electron chi connectivity index (χ2n) is 7.84. The van der Waals surface area contributed by atoms with E-state index in [0.29, 0.717) is 50.6 Å². The molecule has 1 aromatic carbocycles. The maximum Gasteiger partial charge on any atom is 0.247 e. The molecule has 2 atom stereocenters. The quantitative estimate of drug-likeness (QED) is 0.743. The van der Waals surface area contributed by atoms with Crippen LogP contribution in [-0.4, -0.2) is 69.0 Å². The molecule has 2 aliphatic heterocycles. The van der Waals surface area contributed by atoms with Crippen molar-refractivity contribution in [3.63, 3.8) is 0 Å². The van der Waals surface area contributed by atoms with Crippen LogP contribution in [0.1, 0.15) is 33.1 Å². The van der Waals surface area contributed by atoms with Crippen LogP contribution in [0.15, 0.2) is 29.2 Å². The smallest absolute Gasteiger partial charge is 0.247 e. The molecule has 0 radical (unpaired) electrons. The van der Waals surface area contributed by atoms with Crippen LogP contribution < -0.4 is 4.74 Å². The van der Waals surface area contributed by atoms with E-state index in [-0.39, 0.29) is 29.5 Å². The Morgan fingerprint density at radius 2 is 1.96 bits per heavy atom. The zero-order chi connectivity index (χ0) is 20.3. The molecule has 2 heterocycles. The molecule has 0 unspecified atom stereocenters. The number of likely N-dealkylation sites (tertiary alicyclic amines) is 1. The molecule has 1 saturated heterocycles. The molecule has 0 aliphatic carbocycles. The largest absolute Gasteiger partial charge is 0.487 e. The highest BCUT2D eigenvalue weighted by atomic mass is 32.2. The second kappa shape index (κ2) is 8.80. The number of methoxy groups -OCH3 is 1. The van der Waals surface area contributed by atoms with E-state index >= 15 is 0 Å². The predicted octanol–water partition coefficient (Wildman–Crippen LogP) is 2.12. The van der Waals surface area contributed by atoms with Gasteiger partial charge in [-0.1, -0.05) is 26.0 Å². The van der Waals surface area contributed by atoms with Gasteiger partial charge in [0.15, 0.2) is 0 Å². The monoisotopic (exact) mass is 410 g/mol. The number of rotatable bonds is 5. The van der Waals surface area contributed by atoms with Crippen molar-refractivity contribution in [2.75, 3.05) is 33.4 Å². The highest BCUT2D eigenvalue weighted by Gasteiger charge is 2.43. The molecule has 1 fully saturated rings. The van der Waals surface area contributed by atoms with Gasteiger partial charge in [0.05, 0.1) is 12.6 Å². The van der Waals surface area contributed by atoms with Crippen LogP contribution >= 0.6 is 0 Å². The van der Waals surface area contributed by atoms with E-state index in [0.717, 1.165) is 0 Å². The highest BCUT2D eigenvalue weighted by Crippen LogP contribution is 2.36. The van der Waals surface area contributed by atoms with Crippen molar-refractivity contribution < 1.29 is 22.7 Å². The molecule has 8 heteroatoms. The third-order valence-electron chi connectivity index (χ3n) is 5.34. The molecule has 3 rings (SSSR count). The van der Waals surface area contributed by atoms with Crippen molar-refractivity contribution in [3.05, 3.63) is 24.3 Å². The molecular weight excluding hydrogens is 380 g/mol. The fourth-order valence-electron chi connectivity index (χ4n) is 3.95. The Bertz CT molecular complexity index is 796. The Kier molecular flexibility index (Phi) is 6.62. The first-order valence-corrected chi connectivity index (χ1v) is 11.3. The molecule has 1 amide bonds. The van der Waals surface area contributed by atoms with Crippen LogP contribution in [0.2, 0.25) is 0 Å². The number of sulfonamides is 1. The molecule has 28 heavy (non-hydrogen) atoms. The average molecular weight is 411 g/mol. The van der Waals surface area contributed by atoms with E-state index in [1.165, 1.54) is 4.31 Å². The minimum absolute atomic E-state index is 0.123. The van der Waals surface area contributed by atoms with Crippen molar-refractivity contribution >= 4 is 15.9 Å². The number of benzene rings is 1. The number of hydrogen-bond donors (Lipinski definition) is 0. The van der Waals surface area contributed by atoms with E-state index in [1.807, 2.05) is 18.7 Å². The SMILES string of the molecule is COCCN1[C@H]2CCN(C(=O)CC(C)C)CC[C@@H]2Oc2ccccc2S1(=O)=O. The summed E-state index contributed by atoms with van der Waals surface area (Å²) in [6.45, 7) is 5.73. The van der Waals surface area contributed by atoms with Crippen molar-refractivity contribution in [2.24, 2.45) is 5.92 Å². The normalized spacial score (nSPS) is 24.6. The summed E-state index contributed by atoms with van der Waals surface area (Å²) in [7, 11) is -2.15. The van der Waals surface area contributed by atoms with Crippen LogP contribution in [0.25, 0.3) is 0 Å². The average Bonchev–Trinajstić information content (AvgIpc) is 2.88. The van der Waals surface area contributed by atoms with Gasteiger partial charge < -0.3 is 14.4 Å². The number of fused-ring (bicyclic) bond motifs is 2. The van der Waals surface area contributed by atoms with E-state index in [4.69, 9.17) is 9.47 Å². The first kappa shape index (κ1) is 21.1. The molecule has 0 bridgehead atoms. The third kappa shape index (κ3) is 4.34. The topological polar surface area (TPSA) is 76.2 Å². The lowest BCUT2D eigenvalue weighted by atomic mass is 10.1. The van der Waals surface area contributed by atoms with Gasteiger partial charge in [-0.2, -0.15) is 4.31 Å². The summed E-state index contributed by atoms with van der Waals surface area (Å²) in [5.74, 6) is 0.806. The van der Waals surface area contributed by atoms with Crippen molar-refractivity contribution in [1.82, 2.24) is 9.21 Å². The van der Waals surface area contributed by atoms with E-state index in [9.17, 15) is 13.2 Å². The van der Waals surface area contributed by atoms with Crippen molar-refractivity contribution in [2.45, 2.75) is 50.2 Å². The van der Waals surface area contributed by atoms with Gasteiger partial charge in [0.25, 0.3) is 0 Å². The van der Waals surface area contributed by atoms with E-state index in [2.05, 4.69) is 0 Å². The second-order valence-corrected chi connectivity index (χ2v) is 9.69. The van der Waals surface area contributed by atoms with Gasteiger partial charge in [-0.15, -0.1) is 0 Å². The standard InChI is InChI=1S/C20H30N2O5S/c1-15(2)14-20(23)21-10-8-16-17(9-11-21)27-18-6-4-5-7-19(18)28(24,25)22(16)12-13-26-3/h4-7,15-17H,8-14H2,1-3H3/t16-,17-/m0/s1. The zero-order valence-corrected chi connectivity index (χ0v) is 17.7. The van der Waals surface area contributed by atoms with Gasteiger partial charge >= 0.3 is 0 Å². The minimum atomic E-state index is -3.71. The maximum atomic E-state index is 13.4. The lowest BCUT2D eigenvalue weighted by Crippen LogP contribution is -2.48. The highest BCUT2D eigenvalue weighted by molar-refractivity contribution is 7.89. The Balaban J connectivity index is 1.92. The van der Waals surface area contributed by atoms with Gasteiger partial charge in [0.2, 0.25) is 15.9 Å². The molecular formula is C20H30N2O5S. The Labute approximate surface area is 167 Å². The zero-order valence-electron chi connectivity index (χ0n) is 16.8. The summed E-state index contributed by atoms with van der Waals surface area (Å²) in [6, 6.07) is 6.46. The predicted molar refractivity (Wildman–Crippen MR) is 106 cm³/mol. The Morgan fingerprint density at radius 3 is 2.68 bits per heavy atom. The first-order valence-electron chi connectivity index (χ1n) is 9.89. The van der Waals surface area contributed by atoms with Gasteiger partial charge in [0, 0.05) is 39.6 Å². The lowest BCUT2D eigenvalue weighted by Gasteiger charge is -2.31. The third-order valence-corrected chi connectivity index (χ3v) is 7.31. The van der Waals surface area contributed by atoms with Crippen LogP contribution in [0.4, 0.5) is 0 Å². The fraction of sp³-hybridized carbons (Fsp3) is 0.650. The van der Waals surface area contributed by atoms with E-state index in [1.54, 1.807) is 31.4 Å². The van der Waals surface area contributed by atoms with E-state index < -0.39 is 10.0 Å². The molecule has 0 N–H and O–H groups in total.